The van der Waals surface area contributed by atoms with Crippen LogP contribution < -0.4 is 4.74 Å². The summed E-state index contributed by atoms with van der Waals surface area (Å²) in [5.41, 5.74) is -0.553. The highest BCUT2D eigenvalue weighted by Crippen LogP contribution is 2.34. The highest BCUT2D eigenvalue weighted by atomic mass is 19.4. The van der Waals surface area contributed by atoms with Crippen LogP contribution in [0.2, 0.25) is 0 Å². The Labute approximate surface area is 126 Å². The molecule has 0 atom stereocenters. The summed E-state index contributed by atoms with van der Waals surface area (Å²) < 4.78 is 44.0. The van der Waals surface area contributed by atoms with Crippen molar-refractivity contribution in [2.24, 2.45) is 0 Å². The third-order valence-corrected chi connectivity index (χ3v) is 2.87. The lowest BCUT2D eigenvalue weighted by atomic mass is 10.1. The van der Waals surface area contributed by atoms with Crippen molar-refractivity contribution in [2.45, 2.75) is 6.18 Å². The first-order valence-electron chi connectivity index (χ1n) is 6.19. The second-order valence-electron chi connectivity index (χ2n) is 4.32. The summed E-state index contributed by atoms with van der Waals surface area (Å²) >= 11 is 0. The van der Waals surface area contributed by atoms with Crippen LogP contribution in [0, 0.1) is 18.4 Å². The maximum Gasteiger partial charge on any atom is 0.416 e. The quantitative estimate of drug-likeness (QED) is 0.551. The zero-order valence-electron chi connectivity index (χ0n) is 11.5. The van der Waals surface area contributed by atoms with E-state index in [1.807, 2.05) is 0 Å². The molecule has 0 spiro atoms. The molecule has 0 radical (unpaired) electrons. The minimum Gasteiger partial charge on any atom is -0.497 e. The van der Waals surface area contributed by atoms with E-state index in [2.05, 4.69) is 16.7 Å². The third-order valence-electron chi connectivity index (χ3n) is 2.87. The highest BCUT2D eigenvalue weighted by Gasteiger charge is 2.33. The predicted molar refractivity (Wildman–Crippen MR) is 76.7 cm³/mol. The van der Waals surface area contributed by atoms with E-state index >= 15 is 0 Å². The number of ether oxygens (including phenoxy) is 1. The molecule has 0 amide bonds. The third kappa shape index (κ3) is 3.59. The molecule has 0 aliphatic carbocycles. The topological polar surface area (TPSA) is 13.6 Å². The van der Waals surface area contributed by atoms with Gasteiger partial charge in [-0.05, 0) is 30.3 Å². The van der Waals surface area contributed by atoms with Crippen molar-refractivity contribution >= 4 is 5.69 Å². The Morgan fingerprint density at radius 3 is 2.27 bits per heavy atom. The number of alkyl halides is 3. The normalized spacial score (nSPS) is 10.3. The molecule has 22 heavy (non-hydrogen) atoms. The van der Waals surface area contributed by atoms with Gasteiger partial charge in [0.2, 0.25) is 0 Å². The van der Waals surface area contributed by atoms with E-state index in [4.69, 9.17) is 11.3 Å². The first kappa shape index (κ1) is 15.5. The standard InChI is InChI=1S/C17H10F3NO/c1-21-14-8-7-13(16(11-14)17(18,19)20)6-3-12-4-9-15(22-2)10-5-12/h4-5,7-11H,2H3. The van der Waals surface area contributed by atoms with Crippen molar-refractivity contribution in [3.05, 3.63) is 70.6 Å². The smallest absolute Gasteiger partial charge is 0.416 e. The number of benzene rings is 2. The number of halogens is 3. The summed E-state index contributed by atoms with van der Waals surface area (Å²) in [5, 5.41) is 0. The number of nitrogens with zero attached hydrogens (tertiary/aromatic N) is 1. The summed E-state index contributed by atoms with van der Waals surface area (Å²) in [6, 6.07) is 10.0. The molecule has 0 aromatic heterocycles. The Kier molecular flexibility index (Phi) is 4.39. The zero-order chi connectivity index (χ0) is 16.2. The molecule has 0 saturated carbocycles. The van der Waals surface area contributed by atoms with Gasteiger partial charge in [-0.1, -0.05) is 24.0 Å². The molecule has 110 valence electrons. The van der Waals surface area contributed by atoms with Gasteiger partial charge in [-0.3, -0.25) is 0 Å². The molecule has 0 fully saturated rings. The van der Waals surface area contributed by atoms with Gasteiger partial charge in [-0.25, -0.2) is 4.85 Å². The Morgan fingerprint density at radius 2 is 1.73 bits per heavy atom. The van der Waals surface area contributed by atoms with Gasteiger partial charge in [-0.15, -0.1) is 0 Å². The van der Waals surface area contributed by atoms with Crippen molar-refractivity contribution in [3.63, 3.8) is 0 Å². The van der Waals surface area contributed by atoms with Crippen LogP contribution in [-0.4, -0.2) is 7.11 Å². The molecule has 0 aliphatic heterocycles. The van der Waals surface area contributed by atoms with Crippen molar-refractivity contribution in [3.8, 4) is 17.6 Å². The van der Waals surface area contributed by atoms with E-state index in [-0.39, 0.29) is 11.3 Å². The molecular formula is C17H10F3NO. The minimum atomic E-state index is -4.55. The maximum absolute atomic E-state index is 13.0. The summed E-state index contributed by atoms with van der Waals surface area (Å²) in [5.74, 6) is 5.83. The first-order chi connectivity index (χ1) is 10.4. The van der Waals surface area contributed by atoms with Crippen LogP contribution in [0.25, 0.3) is 4.85 Å². The Bertz CT molecular complexity index is 775. The lowest BCUT2D eigenvalue weighted by Crippen LogP contribution is -2.07. The van der Waals surface area contributed by atoms with Crippen LogP contribution >= 0.6 is 0 Å². The molecule has 2 nitrogen and oxygen atoms in total. The second kappa shape index (κ2) is 6.24. The average Bonchev–Trinajstić information content (AvgIpc) is 2.52. The lowest BCUT2D eigenvalue weighted by molar-refractivity contribution is -0.137. The average molecular weight is 301 g/mol. The van der Waals surface area contributed by atoms with Gasteiger partial charge >= 0.3 is 6.18 Å². The predicted octanol–water partition coefficient (Wildman–Crippen LogP) is 4.66. The molecule has 0 aliphatic rings. The number of hydrogen-bond acceptors (Lipinski definition) is 1. The van der Waals surface area contributed by atoms with E-state index in [9.17, 15) is 13.2 Å². The van der Waals surface area contributed by atoms with Gasteiger partial charge in [0.15, 0.2) is 5.69 Å². The second-order valence-corrected chi connectivity index (χ2v) is 4.32. The van der Waals surface area contributed by atoms with Gasteiger partial charge in [0.25, 0.3) is 0 Å². The largest absolute Gasteiger partial charge is 0.497 e. The van der Waals surface area contributed by atoms with Crippen LogP contribution in [0.3, 0.4) is 0 Å². The van der Waals surface area contributed by atoms with Crippen molar-refractivity contribution in [1.29, 1.82) is 0 Å². The highest BCUT2D eigenvalue weighted by molar-refractivity contribution is 5.56. The first-order valence-corrected chi connectivity index (χ1v) is 6.19. The van der Waals surface area contributed by atoms with E-state index in [1.54, 1.807) is 24.3 Å². The van der Waals surface area contributed by atoms with Crippen molar-refractivity contribution in [2.75, 3.05) is 7.11 Å². The Balaban J connectivity index is 2.41. The molecule has 0 saturated heterocycles. The fourth-order valence-corrected chi connectivity index (χ4v) is 1.76. The molecule has 2 aromatic rings. The maximum atomic E-state index is 13.0. The Hall–Kier alpha value is -2.92. The number of rotatable bonds is 1. The summed E-state index contributed by atoms with van der Waals surface area (Å²) in [4.78, 5) is 3.01. The van der Waals surface area contributed by atoms with Gasteiger partial charge in [0.1, 0.15) is 5.75 Å². The molecule has 0 N–H and O–H groups in total. The van der Waals surface area contributed by atoms with Crippen LogP contribution in [-0.2, 0) is 6.18 Å². The molecular weight excluding hydrogens is 291 g/mol. The van der Waals surface area contributed by atoms with E-state index in [0.29, 0.717) is 11.3 Å². The lowest BCUT2D eigenvalue weighted by Gasteiger charge is -2.09. The van der Waals surface area contributed by atoms with Gasteiger partial charge < -0.3 is 4.74 Å². The van der Waals surface area contributed by atoms with Gasteiger partial charge in [0.05, 0.1) is 19.2 Å². The van der Waals surface area contributed by atoms with Crippen molar-refractivity contribution < 1.29 is 17.9 Å². The van der Waals surface area contributed by atoms with E-state index in [1.165, 1.54) is 19.2 Å². The van der Waals surface area contributed by atoms with Crippen LogP contribution in [0.4, 0.5) is 18.9 Å². The Morgan fingerprint density at radius 1 is 1.05 bits per heavy atom. The molecule has 0 bridgehead atoms. The molecule has 0 heterocycles. The van der Waals surface area contributed by atoms with Crippen LogP contribution in [0.1, 0.15) is 16.7 Å². The molecule has 2 rings (SSSR count). The summed E-state index contributed by atoms with van der Waals surface area (Å²) in [7, 11) is 1.52. The van der Waals surface area contributed by atoms with Crippen LogP contribution in [0.15, 0.2) is 42.5 Å². The van der Waals surface area contributed by atoms with E-state index in [0.717, 1.165) is 6.07 Å². The monoisotopic (exact) mass is 301 g/mol. The SMILES string of the molecule is [C-]#[N+]c1ccc(C#Cc2ccc(OC)cc2)c(C(F)(F)F)c1. The molecule has 0 unspecified atom stereocenters. The van der Waals surface area contributed by atoms with Gasteiger partial charge in [0, 0.05) is 11.1 Å². The summed E-state index contributed by atoms with van der Waals surface area (Å²) in [6.07, 6.45) is -4.55. The molecule has 5 heteroatoms. The zero-order valence-corrected chi connectivity index (χ0v) is 11.5. The van der Waals surface area contributed by atoms with E-state index < -0.39 is 11.7 Å². The van der Waals surface area contributed by atoms with Gasteiger partial charge in [-0.2, -0.15) is 13.2 Å². The number of hydrogen-bond donors (Lipinski definition) is 0. The van der Waals surface area contributed by atoms with Crippen molar-refractivity contribution in [1.82, 2.24) is 0 Å². The number of methoxy groups -OCH3 is 1. The van der Waals surface area contributed by atoms with Crippen LogP contribution in [0.5, 0.6) is 5.75 Å². The fourth-order valence-electron chi connectivity index (χ4n) is 1.76. The molecule has 2 aromatic carbocycles. The summed E-state index contributed by atoms with van der Waals surface area (Å²) in [6.45, 7) is 6.80. The fraction of sp³-hybridized carbons (Fsp3) is 0.118. The minimum absolute atomic E-state index is 0.0673.